The molecular weight excluding hydrogens is 490 g/mol. The fourth-order valence-corrected chi connectivity index (χ4v) is 5.47. The van der Waals surface area contributed by atoms with Crippen molar-refractivity contribution in [2.24, 2.45) is 0 Å². The molecule has 2 aliphatic rings. The van der Waals surface area contributed by atoms with Crippen LogP contribution in [0.2, 0.25) is 5.02 Å². The Balaban J connectivity index is 1.39. The molecule has 1 aliphatic heterocycles. The number of aromatic nitrogens is 4. The Morgan fingerprint density at radius 1 is 1.05 bits per heavy atom. The summed E-state index contributed by atoms with van der Waals surface area (Å²) in [5.74, 6) is 2.43. The normalized spacial score (nSPS) is 20.0. The van der Waals surface area contributed by atoms with Crippen LogP contribution in [-0.2, 0) is 29.1 Å². The van der Waals surface area contributed by atoms with Gasteiger partial charge in [-0.15, -0.1) is 15.3 Å². The van der Waals surface area contributed by atoms with Gasteiger partial charge in [-0.3, -0.25) is 9.55 Å². The van der Waals surface area contributed by atoms with Crippen LogP contribution >= 0.6 is 11.6 Å². The fraction of sp³-hybridized carbons (Fsp3) is 0.500. The Labute approximate surface area is 222 Å². The van der Waals surface area contributed by atoms with E-state index in [4.69, 9.17) is 26.2 Å². The van der Waals surface area contributed by atoms with E-state index in [0.29, 0.717) is 24.0 Å². The highest BCUT2D eigenvalue weighted by Crippen LogP contribution is 2.41. The summed E-state index contributed by atoms with van der Waals surface area (Å²) < 4.78 is 7.50. The molecule has 8 nitrogen and oxygen atoms in total. The van der Waals surface area contributed by atoms with E-state index in [1.54, 1.807) is 25.8 Å². The van der Waals surface area contributed by atoms with Gasteiger partial charge in [0.2, 0.25) is 0 Å². The van der Waals surface area contributed by atoms with Gasteiger partial charge < -0.3 is 9.57 Å². The third-order valence-electron chi connectivity index (χ3n) is 7.00. The molecule has 5 rings (SSSR count). The molecule has 1 aromatic carbocycles. The van der Waals surface area contributed by atoms with Gasteiger partial charge in [0.15, 0.2) is 5.82 Å². The summed E-state index contributed by atoms with van der Waals surface area (Å²) in [6, 6.07) is 12.2. The lowest BCUT2D eigenvalue weighted by Crippen LogP contribution is -2.31. The van der Waals surface area contributed by atoms with E-state index in [0.717, 1.165) is 60.7 Å². The number of rotatable bonds is 4. The van der Waals surface area contributed by atoms with Crippen molar-refractivity contribution in [2.75, 3.05) is 0 Å². The summed E-state index contributed by atoms with van der Waals surface area (Å²) in [7, 11) is 0. The summed E-state index contributed by atoms with van der Waals surface area (Å²) in [5.41, 5.74) is 3.60. The average molecular weight is 524 g/mol. The Kier molecular flexibility index (Phi) is 7.23. The topological polar surface area (TPSA) is 82.4 Å². The number of halogens is 1. The maximum absolute atomic E-state index is 12.4. The second-order valence-corrected chi connectivity index (χ2v) is 11.3. The number of carbonyl (C=O) groups is 1. The second-order valence-electron chi connectivity index (χ2n) is 10.9. The summed E-state index contributed by atoms with van der Waals surface area (Å²) in [5, 5.41) is 11.4. The molecule has 0 saturated heterocycles. The molecule has 1 fully saturated rings. The number of hydrogen-bond acceptors (Lipinski definition) is 7. The molecule has 2 aromatic heterocycles. The minimum absolute atomic E-state index is 0.286. The van der Waals surface area contributed by atoms with Crippen LogP contribution in [0.3, 0.4) is 0 Å². The molecule has 9 heteroatoms. The van der Waals surface area contributed by atoms with Crippen LogP contribution < -0.4 is 0 Å². The van der Waals surface area contributed by atoms with Gasteiger partial charge in [0, 0.05) is 28.2 Å². The number of pyridine rings is 1. The van der Waals surface area contributed by atoms with Gasteiger partial charge in [0.25, 0.3) is 0 Å². The zero-order chi connectivity index (χ0) is 26.2. The highest BCUT2D eigenvalue weighted by Gasteiger charge is 2.32. The summed E-state index contributed by atoms with van der Waals surface area (Å²) in [4.78, 5) is 22.9. The number of fused-ring (bicyclic) bond motifs is 3. The molecule has 37 heavy (non-hydrogen) atoms. The van der Waals surface area contributed by atoms with Gasteiger partial charge in [0.05, 0.1) is 18.8 Å². The van der Waals surface area contributed by atoms with Crippen molar-refractivity contribution in [1.82, 2.24) is 24.8 Å². The Morgan fingerprint density at radius 3 is 2.54 bits per heavy atom. The third-order valence-corrected chi connectivity index (χ3v) is 7.23. The molecule has 0 unspecified atom stereocenters. The standard InChI is InChI=1S/C28H34ClN5O3/c1-5-22-7-6-8-23(30-22)18-9-11-19(12-10-18)26-32-31-25-17-33(37-27(35)36-28(2,3)4)16-20-15-21(29)13-14-24(20)34(25)26/h6-8,13-15,18-19H,5,9-12,16-17H2,1-4H3. The third kappa shape index (κ3) is 5.80. The largest absolute Gasteiger partial charge is 0.528 e. The van der Waals surface area contributed by atoms with Crippen molar-refractivity contribution < 1.29 is 14.4 Å². The first-order valence-corrected chi connectivity index (χ1v) is 13.4. The summed E-state index contributed by atoms with van der Waals surface area (Å²) in [6.45, 7) is 8.22. The van der Waals surface area contributed by atoms with E-state index < -0.39 is 11.8 Å². The quantitative estimate of drug-likeness (QED) is 0.361. The number of hydroxylamine groups is 2. The lowest BCUT2D eigenvalue weighted by atomic mass is 9.80. The zero-order valence-electron chi connectivity index (χ0n) is 21.9. The first-order valence-electron chi connectivity index (χ1n) is 13.0. The Hall–Kier alpha value is -2.97. The molecular formula is C28H34ClN5O3. The van der Waals surface area contributed by atoms with Gasteiger partial charge in [-0.05, 0) is 88.8 Å². The van der Waals surface area contributed by atoms with Gasteiger partial charge in [-0.1, -0.05) is 24.6 Å². The van der Waals surface area contributed by atoms with Crippen LogP contribution in [0, 0.1) is 0 Å². The molecule has 0 radical (unpaired) electrons. The van der Waals surface area contributed by atoms with E-state index in [2.05, 4.69) is 39.9 Å². The van der Waals surface area contributed by atoms with Gasteiger partial charge >= 0.3 is 6.16 Å². The number of benzene rings is 1. The predicted octanol–water partition coefficient (Wildman–Crippen LogP) is 6.50. The Bertz CT molecular complexity index is 1280. The average Bonchev–Trinajstić information content (AvgIpc) is 3.19. The van der Waals surface area contributed by atoms with Crippen LogP contribution in [0.1, 0.15) is 93.8 Å². The molecule has 0 N–H and O–H groups in total. The van der Waals surface area contributed by atoms with E-state index in [1.807, 2.05) is 18.2 Å². The smallest absolute Gasteiger partial charge is 0.427 e. The molecule has 3 heterocycles. The summed E-state index contributed by atoms with van der Waals surface area (Å²) >= 11 is 6.36. The fourth-order valence-electron chi connectivity index (χ4n) is 5.27. The van der Waals surface area contributed by atoms with Crippen LogP contribution in [0.15, 0.2) is 36.4 Å². The maximum Gasteiger partial charge on any atom is 0.528 e. The highest BCUT2D eigenvalue weighted by molar-refractivity contribution is 6.30. The van der Waals surface area contributed by atoms with Gasteiger partial charge in [0.1, 0.15) is 11.4 Å². The SMILES string of the molecule is CCc1cccc(C2CCC(c3nnc4n3-c3ccc(Cl)cc3CN(OC(=O)OC(C)(C)C)C4)CC2)n1. The number of carbonyl (C=O) groups excluding carboxylic acids is 1. The van der Waals surface area contributed by atoms with Crippen molar-refractivity contribution in [2.45, 2.75) is 90.3 Å². The van der Waals surface area contributed by atoms with Crippen molar-refractivity contribution in [1.29, 1.82) is 0 Å². The van der Waals surface area contributed by atoms with Crippen molar-refractivity contribution in [3.8, 4) is 5.69 Å². The highest BCUT2D eigenvalue weighted by atomic mass is 35.5. The second kappa shape index (κ2) is 10.4. The molecule has 1 saturated carbocycles. The van der Waals surface area contributed by atoms with Gasteiger partial charge in [-0.2, -0.15) is 0 Å². The van der Waals surface area contributed by atoms with E-state index >= 15 is 0 Å². The van der Waals surface area contributed by atoms with Crippen LogP contribution in [0.4, 0.5) is 4.79 Å². The predicted molar refractivity (Wildman–Crippen MR) is 140 cm³/mol. The van der Waals surface area contributed by atoms with Crippen molar-refractivity contribution >= 4 is 17.8 Å². The first-order chi connectivity index (χ1) is 17.7. The number of nitrogens with zero attached hydrogens (tertiary/aromatic N) is 5. The molecule has 0 amide bonds. The molecule has 0 spiro atoms. The number of hydrogen-bond donors (Lipinski definition) is 0. The van der Waals surface area contributed by atoms with E-state index in [-0.39, 0.29) is 5.92 Å². The minimum Gasteiger partial charge on any atom is -0.427 e. The first kappa shape index (κ1) is 25.7. The molecule has 1 aliphatic carbocycles. The van der Waals surface area contributed by atoms with Gasteiger partial charge in [-0.25, -0.2) is 4.79 Å². The van der Waals surface area contributed by atoms with E-state index in [1.165, 1.54) is 5.69 Å². The van der Waals surface area contributed by atoms with Crippen molar-refractivity contribution in [3.05, 3.63) is 70.0 Å². The molecule has 0 atom stereocenters. The minimum atomic E-state index is -0.747. The Morgan fingerprint density at radius 2 is 1.81 bits per heavy atom. The van der Waals surface area contributed by atoms with Crippen LogP contribution in [-0.4, -0.2) is 36.6 Å². The number of aryl methyl sites for hydroxylation is 1. The maximum atomic E-state index is 12.4. The zero-order valence-corrected chi connectivity index (χ0v) is 22.7. The van der Waals surface area contributed by atoms with Crippen LogP contribution in [0.5, 0.6) is 0 Å². The molecule has 196 valence electrons. The molecule has 0 bridgehead atoms. The van der Waals surface area contributed by atoms with E-state index in [9.17, 15) is 4.79 Å². The lowest BCUT2D eigenvalue weighted by Gasteiger charge is -2.28. The molecule has 3 aromatic rings. The van der Waals surface area contributed by atoms with Crippen molar-refractivity contribution in [3.63, 3.8) is 0 Å². The van der Waals surface area contributed by atoms with Crippen LogP contribution in [0.25, 0.3) is 5.69 Å². The lowest BCUT2D eigenvalue weighted by molar-refractivity contribution is -0.155. The number of ether oxygens (including phenoxy) is 1. The summed E-state index contributed by atoms with van der Waals surface area (Å²) in [6.07, 6.45) is 4.36. The monoisotopic (exact) mass is 523 g/mol.